The van der Waals surface area contributed by atoms with E-state index < -0.39 is 4.92 Å². The minimum Gasteiger partial charge on any atom is -0.456 e. The second-order valence-corrected chi connectivity index (χ2v) is 4.56. The van der Waals surface area contributed by atoms with Crippen molar-refractivity contribution >= 4 is 17.3 Å². The summed E-state index contributed by atoms with van der Waals surface area (Å²) in [5.74, 6) is 1.01. The second-order valence-electron chi connectivity index (χ2n) is 4.15. The lowest BCUT2D eigenvalue weighted by Crippen LogP contribution is -2.04. The van der Waals surface area contributed by atoms with Gasteiger partial charge < -0.3 is 10.1 Å². The lowest BCUT2D eigenvalue weighted by atomic mass is 10.2. The molecule has 0 aliphatic heterocycles. The van der Waals surface area contributed by atoms with Crippen molar-refractivity contribution in [3.05, 3.63) is 63.2 Å². The van der Waals surface area contributed by atoms with Crippen molar-refractivity contribution in [2.75, 3.05) is 7.05 Å². The van der Waals surface area contributed by atoms with E-state index in [9.17, 15) is 10.1 Å². The third-order valence-corrected chi connectivity index (χ3v) is 2.95. The molecule has 0 atom stereocenters. The molecule has 2 aromatic rings. The van der Waals surface area contributed by atoms with E-state index >= 15 is 0 Å². The Hall–Kier alpha value is -2.11. The van der Waals surface area contributed by atoms with E-state index in [4.69, 9.17) is 16.3 Å². The molecule has 0 saturated carbocycles. The fraction of sp³-hybridized carbons (Fsp3) is 0.143. The molecule has 5 nitrogen and oxygen atoms in total. The van der Waals surface area contributed by atoms with Gasteiger partial charge in [-0.25, -0.2) is 0 Å². The van der Waals surface area contributed by atoms with Gasteiger partial charge in [0, 0.05) is 18.7 Å². The molecule has 0 fully saturated rings. The van der Waals surface area contributed by atoms with Crippen LogP contribution in [0.25, 0.3) is 0 Å². The van der Waals surface area contributed by atoms with E-state index in [0.29, 0.717) is 16.5 Å². The van der Waals surface area contributed by atoms with Crippen LogP contribution in [0.15, 0.2) is 42.5 Å². The maximum atomic E-state index is 10.6. The van der Waals surface area contributed by atoms with E-state index in [2.05, 4.69) is 5.32 Å². The van der Waals surface area contributed by atoms with E-state index in [0.717, 1.165) is 12.1 Å². The molecule has 2 rings (SSSR count). The zero-order valence-corrected chi connectivity index (χ0v) is 11.6. The van der Waals surface area contributed by atoms with Gasteiger partial charge in [-0.1, -0.05) is 17.7 Å². The minimum atomic E-state index is -0.455. The van der Waals surface area contributed by atoms with Gasteiger partial charge in [0.05, 0.1) is 9.95 Å². The lowest BCUT2D eigenvalue weighted by Gasteiger charge is -2.09. The van der Waals surface area contributed by atoms with Crippen LogP contribution in [-0.4, -0.2) is 12.0 Å². The predicted molar refractivity (Wildman–Crippen MR) is 77.4 cm³/mol. The number of nitro groups is 1. The van der Waals surface area contributed by atoms with Gasteiger partial charge in [-0.3, -0.25) is 10.1 Å². The summed E-state index contributed by atoms with van der Waals surface area (Å²) in [6, 6.07) is 11.3. The number of hydrogen-bond donors (Lipinski definition) is 1. The monoisotopic (exact) mass is 292 g/mol. The molecule has 1 N–H and O–H groups in total. The standard InChI is InChI=1S/C14H13ClN2O3/c1-16-9-10-2-7-14(13(15)8-10)20-12-5-3-11(4-6-12)17(18)19/h2-8,16H,9H2,1H3. The Morgan fingerprint density at radius 3 is 2.50 bits per heavy atom. The van der Waals surface area contributed by atoms with Crippen LogP contribution < -0.4 is 10.1 Å². The first kappa shape index (κ1) is 14.3. The fourth-order valence-electron chi connectivity index (χ4n) is 1.70. The third-order valence-electron chi connectivity index (χ3n) is 2.65. The molecule has 6 heteroatoms. The van der Waals surface area contributed by atoms with Crippen LogP contribution in [0.1, 0.15) is 5.56 Å². The molecule has 0 aliphatic carbocycles. The first-order valence-electron chi connectivity index (χ1n) is 5.95. The Bertz CT molecular complexity index is 614. The Kier molecular flexibility index (Phi) is 4.55. The number of nitro benzene ring substituents is 1. The summed E-state index contributed by atoms with van der Waals surface area (Å²) < 4.78 is 5.60. The number of non-ortho nitro benzene ring substituents is 1. The van der Waals surface area contributed by atoms with Gasteiger partial charge in [-0.15, -0.1) is 0 Å². The van der Waals surface area contributed by atoms with E-state index in [1.165, 1.54) is 24.3 Å². The molecule has 20 heavy (non-hydrogen) atoms. The molecule has 2 aromatic carbocycles. The molecule has 0 amide bonds. The average molecular weight is 293 g/mol. The van der Waals surface area contributed by atoms with Crippen molar-refractivity contribution in [2.45, 2.75) is 6.54 Å². The molecule has 0 radical (unpaired) electrons. The van der Waals surface area contributed by atoms with Crippen LogP contribution in [0, 0.1) is 10.1 Å². The van der Waals surface area contributed by atoms with Crippen LogP contribution in [-0.2, 0) is 6.54 Å². The predicted octanol–water partition coefficient (Wildman–Crippen LogP) is 3.76. The summed E-state index contributed by atoms with van der Waals surface area (Å²) in [7, 11) is 1.86. The van der Waals surface area contributed by atoms with Crippen molar-refractivity contribution in [2.24, 2.45) is 0 Å². The highest BCUT2D eigenvalue weighted by Crippen LogP contribution is 2.30. The third kappa shape index (κ3) is 3.46. The fourth-order valence-corrected chi connectivity index (χ4v) is 1.95. The van der Waals surface area contributed by atoms with Crippen molar-refractivity contribution in [1.82, 2.24) is 5.32 Å². The number of halogens is 1. The summed E-state index contributed by atoms with van der Waals surface area (Å²) >= 11 is 6.14. The number of ether oxygens (including phenoxy) is 1. The Labute approximate surface area is 121 Å². The largest absolute Gasteiger partial charge is 0.456 e. The Morgan fingerprint density at radius 2 is 1.95 bits per heavy atom. The highest BCUT2D eigenvalue weighted by Gasteiger charge is 2.07. The van der Waals surface area contributed by atoms with Crippen LogP contribution in [0.3, 0.4) is 0 Å². The highest BCUT2D eigenvalue weighted by atomic mass is 35.5. The molecule has 104 valence electrons. The zero-order chi connectivity index (χ0) is 14.5. The minimum absolute atomic E-state index is 0.0211. The Balaban J connectivity index is 2.15. The molecule has 0 spiro atoms. The number of rotatable bonds is 5. The number of benzene rings is 2. The van der Waals surface area contributed by atoms with Gasteiger partial charge in [-0.05, 0) is 36.9 Å². The number of nitrogens with one attached hydrogen (secondary N) is 1. The van der Waals surface area contributed by atoms with Crippen molar-refractivity contribution in [1.29, 1.82) is 0 Å². The Morgan fingerprint density at radius 1 is 1.25 bits per heavy atom. The normalized spacial score (nSPS) is 10.3. The van der Waals surface area contributed by atoms with Gasteiger partial charge in [0.1, 0.15) is 11.5 Å². The summed E-state index contributed by atoms with van der Waals surface area (Å²) in [6.07, 6.45) is 0. The van der Waals surface area contributed by atoms with Crippen LogP contribution >= 0.6 is 11.6 Å². The van der Waals surface area contributed by atoms with Gasteiger partial charge in [0.15, 0.2) is 0 Å². The first-order valence-corrected chi connectivity index (χ1v) is 6.33. The maximum absolute atomic E-state index is 10.6. The lowest BCUT2D eigenvalue weighted by molar-refractivity contribution is -0.384. The molecule has 0 saturated heterocycles. The topological polar surface area (TPSA) is 64.4 Å². The average Bonchev–Trinajstić information content (AvgIpc) is 2.43. The second kappa shape index (κ2) is 6.36. The summed E-state index contributed by atoms with van der Waals surface area (Å²) in [4.78, 5) is 10.1. The maximum Gasteiger partial charge on any atom is 0.269 e. The van der Waals surface area contributed by atoms with Gasteiger partial charge >= 0.3 is 0 Å². The van der Waals surface area contributed by atoms with E-state index in [1.54, 1.807) is 6.07 Å². The number of nitrogens with zero attached hydrogens (tertiary/aromatic N) is 1. The molecule has 0 aromatic heterocycles. The van der Waals surface area contributed by atoms with Crippen LogP contribution in [0.5, 0.6) is 11.5 Å². The molecular weight excluding hydrogens is 280 g/mol. The SMILES string of the molecule is CNCc1ccc(Oc2ccc([N+](=O)[O-])cc2)c(Cl)c1. The van der Waals surface area contributed by atoms with Crippen molar-refractivity contribution in [3.63, 3.8) is 0 Å². The zero-order valence-electron chi connectivity index (χ0n) is 10.8. The van der Waals surface area contributed by atoms with Crippen molar-refractivity contribution < 1.29 is 9.66 Å². The molecule has 0 aliphatic rings. The first-order chi connectivity index (χ1) is 9.60. The van der Waals surface area contributed by atoms with Gasteiger partial charge in [0.25, 0.3) is 5.69 Å². The van der Waals surface area contributed by atoms with Crippen molar-refractivity contribution in [3.8, 4) is 11.5 Å². The molecule has 0 bridgehead atoms. The summed E-state index contributed by atoms with van der Waals surface area (Å²) in [6.45, 7) is 0.720. The summed E-state index contributed by atoms with van der Waals surface area (Å²) in [5.41, 5.74) is 1.07. The summed E-state index contributed by atoms with van der Waals surface area (Å²) in [5, 5.41) is 14.1. The molecule has 0 unspecified atom stereocenters. The van der Waals surface area contributed by atoms with E-state index in [1.807, 2.05) is 19.2 Å². The van der Waals surface area contributed by atoms with Gasteiger partial charge in [-0.2, -0.15) is 0 Å². The van der Waals surface area contributed by atoms with Crippen LogP contribution in [0.2, 0.25) is 5.02 Å². The quantitative estimate of drug-likeness (QED) is 0.673. The smallest absolute Gasteiger partial charge is 0.269 e. The molecule has 0 heterocycles. The van der Waals surface area contributed by atoms with E-state index in [-0.39, 0.29) is 5.69 Å². The van der Waals surface area contributed by atoms with Crippen LogP contribution in [0.4, 0.5) is 5.69 Å². The van der Waals surface area contributed by atoms with Gasteiger partial charge in [0.2, 0.25) is 0 Å². The number of hydrogen-bond acceptors (Lipinski definition) is 4. The molecular formula is C14H13ClN2O3. The highest BCUT2D eigenvalue weighted by molar-refractivity contribution is 6.32.